The molecule has 0 amide bonds. The Balaban J connectivity index is 2.40. The fraction of sp³-hybridized carbons (Fsp3) is 0.143. The Morgan fingerprint density at radius 2 is 1.95 bits per heavy atom. The summed E-state index contributed by atoms with van der Waals surface area (Å²) in [5.74, 6) is -2.04. The van der Waals surface area contributed by atoms with Crippen LogP contribution in [0.1, 0.15) is 5.69 Å². The number of alkyl halides is 3. The Morgan fingerprint density at radius 3 is 2.55 bits per heavy atom. The number of aromatic nitrogens is 1. The van der Waals surface area contributed by atoms with E-state index in [4.69, 9.17) is 5.11 Å². The molecule has 0 spiro atoms. The van der Waals surface area contributed by atoms with Gasteiger partial charge in [-0.05, 0) is 12.1 Å². The summed E-state index contributed by atoms with van der Waals surface area (Å²) in [6.45, 7) is 0. The third-order valence-corrected chi connectivity index (χ3v) is 2.69. The number of rotatable bonds is 4. The van der Waals surface area contributed by atoms with Gasteiger partial charge in [0.1, 0.15) is 11.5 Å². The minimum Gasteiger partial charge on any atom is -0.506 e. The average Bonchev–Trinajstić information content (AvgIpc) is 2.39. The summed E-state index contributed by atoms with van der Waals surface area (Å²) in [6.07, 6.45) is -4.17. The van der Waals surface area contributed by atoms with Gasteiger partial charge in [0.15, 0.2) is 0 Å². The summed E-state index contributed by atoms with van der Waals surface area (Å²) in [7, 11) is 0. The highest BCUT2D eigenvalue weighted by molar-refractivity contribution is 5.73. The number of aromatic hydroxyl groups is 1. The molecular weight excluding hydrogens is 303 g/mol. The molecule has 22 heavy (non-hydrogen) atoms. The molecule has 5 nitrogen and oxygen atoms in total. The number of carboxylic acids is 1. The summed E-state index contributed by atoms with van der Waals surface area (Å²) in [4.78, 5) is 14.4. The number of hydrogen-bond donors (Lipinski definition) is 2. The molecule has 8 heteroatoms. The molecular formula is C14H10F3NO4. The second-order valence-corrected chi connectivity index (χ2v) is 4.30. The topological polar surface area (TPSA) is 79.7 Å². The normalized spacial score (nSPS) is 11.2. The number of halogens is 3. The predicted octanol–water partition coefficient (Wildman–Crippen LogP) is 2.98. The fourth-order valence-electron chi connectivity index (χ4n) is 1.83. The minimum atomic E-state index is -4.85. The van der Waals surface area contributed by atoms with E-state index in [9.17, 15) is 23.1 Å². The van der Waals surface area contributed by atoms with Crippen LogP contribution in [0.25, 0.3) is 11.1 Å². The molecule has 0 unspecified atom stereocenters. The predicted molar refractivity (Wildman–Crippen MR) is 69.4 cm³/mol. The first-order chi connectivity index (χ1) is 10.3. The molecule has 2 N–H and O–H groups in total. The van der Waals surface area contributed by atoms with Crippen LogP contribution in [-0.4, -0.2) is 27.5 Å². The Morgan fingerprint density at radius 1 is 1.27 bits per heavy atom. The van der Waals surface area contributed by atoms with Crippen molar-refractivity contribution in [2.45, 2.75) is 12.8 Å². The lowest BCUT2D eigenvalue weighted by molar-refractivity contribution is -0.274. The largest absolute Gasteiger partial charge is 0.573 e. The Hall–Kier alpha value is -2.77. The maximum atomic E-state index is 12.4. The van der Waals surface area contributed by atoms with Crippen LogP contribution < -0.4 is 4.74 Å². The zero-order chi connectivity index (χ0) is 16.3. The van der Waals surface area contributed by atoms with Crippen molar-refractivity contribution < 1.29 is 32.9 Å². The molecule has 1 aromatic heterocycles. The molecule has 2 rings (SSSR count). The smallest absolute Gasteiger partial charge is 0.506 e. The number of benzene rings is 1. The lowest BCUT2D eigenvalue weighted by Gasteiger charge is -2.13. The van der Waals surface area contributed by atoms with Crippen molar-refractivity contribution in [2.75, 3.05) is 0 Å². The summed E-state index contributed by atoms with van der Waals surface area (Å²) in [6, 6.07) is 6.51. The molecule has 2 aromatic rings. The zero-order valence-corrected chi connectivity index (χ0v) is 11.0. The van der Waals surface area contributed by atoms with Crippen LogP contribution in [0.5, 0.6) is 11.5 Å². The lowest BCUT2D eigenvalue weighted by Crippen LogP contribution is -2.17. The number of nitrogens with zero attached hydrogens (tertiary/aromatic N) is 1. The van der Waals surface area contributed by atoms with Crippen molar-refractivity contribution in [3.05, 3.63) is 42.2 Å². The van der Waals surface area contributed by atoms with Gasteiger partial charge in [0.25, 0.3) is 0 Å². The maximum absolute atomic E-state index is 12.4. The molecule has 0 bridgehead atoms. The van der Waals surface area contributed by atoms with E-state index in [1.807, 2.05) is 0 Å². The molecule has 116 valence electrons. The van der Waals surface area contributed by atoms with Crippen molar-refractivity contribution in [1.29, 1.82) is 0 Å². The number of para-hydroxylation sites is 1. The summed E-state index contributed by atoms with van der Waals surface area (Å²) in [5, 5.41) is 18.4. The number of carboxylic acid groups (broad SMARTS) is 1. The standard InChI is InChI=1S/C14H10F3NO4/c15-14(16,17)22-12-4-2-1-3-9(12)8-5-11(19)10(18-7-8)6-13(20)21/h1-5,7,19H,6H2,(H,20,21). The van der Waals surface area contributed by atoms with Gasteiger partial charge in [-0.1, -0.05) is 18.2 Å². The van der Waals surface area contributed by atoms with Gasteiger partial charge in [-0.25, -0.2) is 0 Å². The lowest BCUT2D eigenvalue weighted by atomic mass is 10.1. The van der Waals surface area contributed by atoms with E-state index in [0.717, 1.165) is 12.1 Å². The van der Waals surface area contributed by atoms with Crippen LogP contribution in [0.2, 0.25) is 0 Å². The number of pyridine rings is 1. The molecule has 0 saturated carbocycles. The first-order valence-electron chi connectivity index (χ1n) is 6.01. The number of ether oxygens (including phenoxy) is 1. The van der Waals surface area contributed by atoms with E-state index < -0.39 is 30.3 Å². The van der Waals surface area contributed by atoms with Gasteiger partial charge in [-0.2, -0.15) is 0 Å². The molecule has 0 fully saturated rings. The van der Waals surface area contributed by atoms with E-state index >= 15 is 0 Å². The van der Waals surface area contributed by atoms with Crippen LogP contribution in [0.15, 0.2) is 36.5 Å². The average molecular weight is 313 g/mol. The van der Waals surface area contributed by atoms with Crippen LogP contribution in [0, 0.1) is 0 Å². The molecule has 0 saturated heterocycles. The van der Waals surface area contributed by atoms with Crippen molar-refractivity contribution in [2.24, 2.45) is 0 Å². The summed E-state index contributed by atoms with van der Waals surface area (Å²) >= 11 is 0. The van der Waals surface area contributed by atoms with E-state index in [1.54, 1.807) is 0 Å². The zero-order valence-electron chi connectivity index (χ0n) is 11.0. The van der Waals surface area contributed by atoms with Crippen LogP contribution in [-0.2, 0) is 11.2 Å². The maximum Gasteiger partial charge on any atom is 0.573 e. The Kier molecular flexibility index (Phi) is 4.20. The van der Waals surface area contributed by atoms with Gasteiger partial charge in [-0.3, -0.25) is 9.78 Å². The third-order valence-electron chi connectivity index (χ3n) is 2.69. The van der Waals surface area contributed by atoms with Gasteiger partial charge in [0.05, 0.1) is 12.1 Å². The number of carbonyl (C=O) groups is 1. The van der Waals surface area contributed by atoms with E-state index in [-0.39, 0.29) is 16.8 Å². The van der Waals surface area contributed by atoms with Crippen molar-refractivity contribution in [3.63, 3.8) is 0 Å². The van der Waals surface area contributed by atoms with Crippen molar-refractivity contribution in [3.8, 4) is 22.6 Å². The minimum absolute atomic E-state index is 0.0736. The Labute approximate surface area is 122 Å². The SMILES string of the molecule is O=C(O)Cc1ncc(-c2ccccc2OC(F)(F)F)cc1O. The third kappa shape index (κ3) is 3.87. The van der Waals surface area contributed by atoms with Gasteiger partial charge < -0.3 is 14.9 Å². The van der Waals surface area contributed by atoms with E-state index in [1.165, 1.54) is 24.4 Å². The molecule has 0 radical (unpaired) electrons. The Bertz CT molecular complexity index is 701. The monoisotopic (exact) mass is 313 g/mol. The van der Waals surface area contributed by atoms with Gasteiger partial charge in [0.2, 0.25) is 0 Å². The van der Waals surface area contributed by atoms with Gasteiger partial charge in [-0.15, -0.1) is 13.2 Å². The second-order valence-electron chi connectivity index (χ2n) is 4.30. The van der Waals surface area contributed by atoms with Gasteiger partial charge in [0, 0.05) is 17.3 Å². The molecule has 0 atom stereocenters. The van der Waals surface area contributed by atoms with Gasteiger partial charge >= 0.3 is 12.3 Å². The van der Waals surface area contributed by atoms with E-state index in [0.29, 0.717) is 0 Å². The highest BCUT2D eigenvalue weighted by Gasteiger charge is 2.32. The summed E-state index contributed by atoms with van der Waals surface area (Å²) in [5.41, 5.74) is 0.168. The van der Waals surface area contributed by atoms with Crippen molar-refractivity contribution >= 4 is 5.97 Å². The van der Waals surface area contributed by atoms with Crippen LogP contribution in [0.4, 0.5) is 13.2 Å². The molecule has 0 aliphatic heterocycles. The molecule has 0 aliphatic carbocycles. The second kappa shape index (κ2) is 5.92. The highest BCUT2D eigenvalue weighted by Crippen LogP contribution is 2.35. The number of hydrogen-bond acceptors (Lipinski definition) is 4. The number of aliphatic carboxylic acids is 1. The molecule has 1 heterocycles. The first kappa shape index (κ1) is 15.6. The summed E-state index contributed by atoms with van der Waals surface area (Å²) < 4.78 is 41.0. The molecule has 1 aromatic carbocycles. The van der Waals surface area contributed by atoms with Crippen LogP contribution >= 0.6 is 0 Å². The fourth-order valence-corrected chi connectivity index (χ4v) is 1.83. The quantitative estimate of drug-likeness (QED) is 0.907. The molecule has 0 aliphatic rings. The first-order valence-corrected chi connectivity index (χ1v) is 6.01. The van der Waals surface area contributed by atoms with Crippen molar-refractivity contribution in [1.82, 2.24) is 4.98 Å². The highest BCUT2D eigenvalue weighted by atomic mass is 19.4. The van der Waals surface area contributed by atoms with E-state index in [2.05, 4.69) is 9.72 Å². The van der Waals surface area contributed by atoms with Crippen LogP contribution in [0.3, 0.4) is 0 Å².